The molecule has 0 rings (SSSR count). The van der Waals surface area contributed by atoms with E-state index >= 15 is 0 Å². The van der Waals surface area contributed by atoms with E-state index in [2.05, 4.69) is 16.0 Å². The Hall–Kier alpha value is -1.67. The number of rotatable bonds is 11. The molecule has 0 aliphatic carbocycles. The number of hydrogen-bond acceptors (Lipinski definition) is 6. The number of methoxy groups -OCH3 is 1. The molecule has 0 bridgehead atoms. The zero-order valence-corrected chi connectivity index (χ0v) is 16.1. The fourth-order valence-corrected chi connectivity index (χ4v) is 2.49. The van der Waals surface area contributed by atoms with Gasteiger partial charge in [-0.1, -0.05) is 27.7 Å². The number of hydrogen-bond donors (Lipinski definition) is 4. The molecule has 0 unspecified atom stereocenters. The van der Waals surface area contributed by atoms with Crippen LogP contribution in [0.3, 0.4) is 0 Å². The fraction of sp³-hybridized carbons (Fsp3) is 0.824. The maximum atomic E-state index is 12.3. The highest BCUT2D eigenvalue weighted by Gasteiger charge is 2.26. The zero-order valence-electron chi connectivity index (χ0n) is 16.1. The summed E-state index contributed by atoms with van der Waals surface area (Å²) < 4.78 is 4.80. The number of amides is 2. The Kier molecular flexibility index (Phi) is 11.0. The summed E-state index contributed by atoms with van der Waals surface area (Å²) in [4.78, 5) is 35.2. The highest BCUT2D eigenvalue weighted by Crippen LogP contribution is 2.08. The molecular weight excluding hydrogens is 326 g/mol. The van der Waals surface area contributed by atoms with Gasteiger partial charge in [-0.2, -0.15) is 0 Å². The first-order valence-corrected chi connectivity index (χ1v) is 8.61. The molecule has 0 aromatic carbocycles. The highest BCUT2D eigenvalue weighted by molar-refractivity contribution is 5.87. The molecule has 146 valence electrons. The molecule has 4 N–H and O–H groups in total. The topological polar surface area (TPSA) is 117 Å². The monoisotopic (exact) mass is 359 g/mol. The lowest BCUT2D eigenvalue weighted by Crippen LogP contribution is -2.55. The summed E-state index contributed by atoms with van der Waals surface area (Å²) in [7, 11) is 1.34. The van der Waals surface area contributed by atoms with E-state index in [1.54, 1.807) is 0 Å². The summed E-state index contributed by atoms with van der Waals surface area (Å²) in [5.74, 6) is -0.845. The summed E-state index contributed by atoms with van der Waals surface area (Å²) in [6, 6.07) is -1.71. The van der Waals surface area contributed by atoms with Crippen molar-refractivity contribution in [1.82, 2.24) is 16.0 Å². The van der Waals surface area contributed by atoms with Gasteiger partial charge in [-0.25, -0.2) is 0 Å². The molecule has 0 aliphatic heterocycles. The second kappa shape index (κ2) is 11.8. The lowest BCUT2D eigenvalue weighted by Gasteiger charge is -2.27. The van der Waals surface area contributed by atoms with E-state index in [1.807, 2.05) is 27.7 Å². The highest BCUT2D eigenvalue weighted by atomic mass is 16.5. The lowest BCUT2D eigenvalue weighted by molar-refractivity contribution is -0.144. The average Bonchev–Trinajstić information content (AvgIpc) is 2.50. The third kappa shape index (κ3) is 9.40. The lowest BCUT2D eigenvalue weighted by atomic mass is 10.0. The van der Waals surface area contributed by atoms with Gasteiger partial charge in [0.25, 0.3) is 0 Å². The summed E-state index contributed by atoms with van der Waals surface area (Å²) in [6.45, 7) is 9.04. The van der Waals surface area contributed by atoms with Crippen LogP contribution in [0.4, 0.5) is 0 Å². The van der Waals surface area contributed by atoms with Crippen LogP contribution < -0.4 is 16.0 Å². The van der Waals surface area contributed by atoms with Crippen molar-refractivity contribution in [2.75, 3.05) is 20.3 Å². The van der Waals surface area contributed by atoms with E-state index in [0.29, 0.717) is 18.9 Å². The van der Waals surface area contributed by atoms with Gasteiger partial charge < -0.3 is 25.8 Å². The van der Waals surface area contributed by atoms with Gasteiger partial charge in [0.15, 0.2) is 0 Å². The third-order valence-corrected chi connectivity index (χ3v) is 3.68. The van der Waals surface area contributed by atoms with Gasteiger partial charge in [-0.15, -0.1) is 0 Å². The predicted octanol–water partition coefficient (Wildman–Crippen LogP) is -0.198. The Morgan fingerprint density at radius 1 is 1.08 bits per heavy atom. The Morgan fingerprint density at radius 3 is 2.08 bits per heavy atom. The first-order valence-electron chi connectivity index (χ1n) is 8.61. The third-order valence-electron chi connectivity index (χ3n) is 3.68. The van der Waals surface area contributed by atoms with E-state index in [0.717, 1.165) is 0 Å². The van der Waals surface area contributed by atoms with Crippen LogP contribution in [0.15, 0.2) is 0 Å². The van der Waals surface area contributed by atoms with Crippen molar-refractivity contribution in [1.29, 1.82) is 0 Å². The summed E-state index contributed by atoms with van der Waals surface area (Å²) >= 11 is 0. The van der Waals surface area contributed by atoms with Crippen LogP contribution in [0.2, 0.25) is 0 Å². The SMILES string of the molecule is COC(=O)[C@@H](NC[C@H](CC(C)C)NC(=O)[C@H](CO)NC(C)=O)C(C)C. The molecule has 0 aromatic rings. The van der Waals surface area contributed by atoms with Crippen LogP contribution in [0.1, 0.15) is 41.0 Å². The first-order chi connectivity index (χ1) is 11.6. The normalized spacial score (nSPS) is 14.8. The molecule has 0 fully saturated rings. The number of esters is 1. The molecule has 0 spiro atoms. The minimum Gasteiger partial charge on any atom is -0.468 e. The maximum Gasteiger partial charge on any atom is 0.323 e. The van der Waals surface area contributed by atoms with Crippen LogP contribution in [0.5, 0.6) is 0 Å². The van der Waals surface area contributed by atoms with Gasteiger partial charge in [0.05, 0.1) is 13.7 Å². The fourth-order valence-electron chi connectivity index (χ4n) is 2.49. The molecule has 0 radical (unpaired) electrons. The van der Waals surface area contributed by atoms with E-state index < -0.39 is 30.5 Å². The molecule has 0 heterocycles. The van der Waals surface area contributed by atoms with Crippen molar-refractivity contribution in [2.45, 2.75) is 59.2 Å². The van der Waals surface area contributed by atoms with Gasteiger partial charge in [-0.05, 0) is 18.3 Å². The van der Waals surface area contributed by atoms with Gasteiger partial charge in [0, 0.05) is 19.5 Å². The standard InChI is InChI=1S/C17H33N3O5/c1-10(2)7-13(8-18-15(11(3)4)17(24)25-6)20-16(23)14(9-21)19-12(5)22/h10-11,13-15,18,21H,7-9H2,1-6H3,(H,19,22)(H,20,23)/t13-,14-,15-/m0/s1. The largest absolute Gasteiger partial charge is 0.468 e. The van der Waals surface area contributed by atoms with Crippen LogP contribution in [0, 0.1) is 11.8 Å². The first kappa shape index (κ1) is 23.3. The minimum absolute atomic E-state index is 0.0346. The number of ether oxygens (including phenoxy) is 1. The molecule has 0 saturated heterocycles. The Bertz CT molecular complexity index is 440. The molecule has 8 nitrogen and oxygen atoms in total. The zero-order chi connectivity index (χ0) is 19.6. The number of aliphatic hydroxyl groups is 1. The summed E-state index contributed by atoms with van der Waals surface area (Å²) in [5.41, 5.74) is 0. The Morgan fingerprint density at radius 2 is 1.68 bits per heavy atom. The van der Waals surface area contributed by atoms with Crippen molar-refractivity contribution < 1.29 is 24.2 Å². The van der Waals surface area contributed by atoms with Crippen LogP contribution >= 0.6 is 0 Å². The average molecular weight is 359 g/mol. The summed E-state index contributed by atoms with van der Waals surface area (Å²) in [5, 5.41) is 17.7. The van der Waals surface area contributed by atoms with E-state index in [1.165, 1.54) is 14.0 Å². The van der Waals surface area contributed by atoms with Crippen molar-refractivity contribution in [2.24, 2.45) is 11.8 Å². The van der Waals surface area contributed by atoms with Crippen LogP contribution in [-0.2, 0) is 19.1 Å². The van der Waals surface area contributed by atoms with Crippen molar-refractivity contribution in [3.63, 3.8) is 0 Å². The predicted molar refractivity (Wildman–Crippen MR) is 94.7 cm³/mol. The molecule has 0 aliphatic rings. The van der Waals surface area contributed by atoms with Gasteiger partial charge in [-0.3, -0.25) is 14.4 Å². The number of nitrogens with one attached hydrogen (secondary N) is 3. The van der Waals surface area contributed by atoms with Gasteiger partial charge >= 0.3 is 5.97 Å². The van der Waals surface area contributed by atoms with E-state index in [4.69, 9.17) is 4.74 Å². The molecular formula is C17H33N3O5. The summed E-state index contributed by atoms with van der Waals surface area (Å²) in [6.07, 6.45) is 0.683. The molecule has 3 atom stereocenters. The van der Waals surface area contributed by atoms with Crippen molar-refractivity contribution >= 4 is 17.8 Å². The van der Waals surface area contributed by atoms with Gasteiger partial charge in [0.1, 0.15) is 12.1 Å². The Balaban J connectivity index is 4.91. The van der Waals surface area contributed by atoms with Crippen LogP contribution in [-0.4, -0.2) is 61.3 Å². The number of aliphatic hydroxyl groups excluding tert-OH is 1. The van der Waals surface area contributed by atoms with Gasteiger partial charge in [0.2, 0.25) is 11.8 Å². The molecule has 25 heavy (non-hydrogen) atoms. The van der Waals surface area contributed by atoms with Crippen molar-refractivity contribution in [3.8, 4) is 0 Å². The van der Waals surface area contributed by atoms with E-state index in [9.17, 15) is 19.5 Å². The molecule has 2 amide bonds. The van der Waals surface area contributed by atoms with Crippen LogP contribution in [0.25, 0.3) is 0 Å². The molecule has 8 heteroatoms. The number of carbonyl (C=O) groups is 3. The minimum atomic E-state index is -0.992. The second-order valence-corrected chi connectivity index (χ2v) is 6.92. The van der Waals surface area contributed by atoms with E-state index in [-0.39, 0.29) is 17.9 Å². The second-order valence-electron chi connectivity index (χ2n) is 6.92. The quantitative estimate of drug-likeness (QED) is 0.380. The van der Waals surface area contributed by atoms with Crippen molar-refractivity contribution in [3.05, 3.63) is 0 Å². The number of carbonyl (C=O) groups excluding carboxylic acids is 3. The molecule has 0 saturated carbocycles. The maximum absolute atomic E-state index is 12.3. The Labute approximate surface area is 150 Å². The smallest absolute Gasteiger partial charge is 0.323 e. The molecule has 0 aromatic heterocycles.